The summed E-state index contributed by atoms with van der Waals surface area (Å²) in [6.45, 7) is 1.73. The Morgan fingerprint density at radius 1 is 1.38 bits per heavy atom. The van der Waals surface area contributed by atoms with Crippen molar-refractivity contribution in [2.24, 2.45) is 5.92 Å². The number of aromatic amines is 1. The number of likely N-dealkylation sites (tertiary alicyclic amines) is 1. The number of nitrogens with one attached hydrogen (secondary N) is 2. The molecule has 0 spiro atoms. The lowest BCUT2D eigenvalue weighted by molar-refractivity contribution is 0.0648. The van der Waals surface area contributed by atoms with E-state index in [-0.39, 0.29) is 17.6 Å². The molecule has 1 aliphatic rings. The number of hydrogen-bond acceptors (Lipinski definition) is 6. The van der Waals surface area contributed by atoms with Crippen molar-refractivity contribution >= 4 is 34.4 Å². The molecule has 10 heteroatoms. The third-order valence-electron chi connectivity index (χ3n) is 5.58. The molecule has 1 amide bonds. The van der Waals surface area contributed by atoms with Crippen LogP contribution in [0.2, 0.25) is 5.02 Å². The topological polar surface area (TPSA) is 99.9 Å². The molecule has 4 aromatic heterocycles. The van der Waals surface area contributed by atoms with Crippen LogP contribution in [-0.2, 0) is 0 Å². The number of hydrogen-bond donors (Lipinski definition) is 2. The van der Waals surface area contributed by atoms with Crippen LogP contribution in [0.15, 0.2) is 47.5 Å². The van der Waals surface area contributed by atoms with Crippen molar-refractivity contribution in [3.05, 3.63) is 59.7 Å². The molecule has 5 rings (SSSR count). The standard InChI is InChI=1S/C22H20ClFN6O2/c23-14-7-15-16(10-27-19(15)26-9-14)20-28-11-17(24)21(29-20)25-8-13-3-1-5-30(12-13)22(31)18-4-2-6-32-18/h2,4,6-7,9-11,13H,1,3,5,8,12H2,(H,26,27)(H,25,28,29)/t13-/m0/s1. The Morgan fingerprint density at radius 2 is 2.28 bits per heavy atom. The maximum absolute atomic E-state index is 14.4. The van der Waals surface area contributed by atoms with E-state index >= 15 is 0 Å². The van der Waals surface area contributed by atoms with Crippen LogP contribution in [0.3, 0.4) is 0 Å². The Kier molecular flexibility index (Phi) is 5.48. The summed E-state index contributed by atoms with van der Waals surface area (Å²) in [5.74, 6) is 0.317. The molecule has 1 fully saturated rings. The summed E-state index contributed by atoms with van der Waals surface area (Å²) < 4.78 is 19.7. The number of pyridine rings is 1. The van der Waals surface area contributed by atoms with Crippen molar-refractivity contribution in [1.82, 2.24) is 24.8 Å². The van der Waals surface area contributed by atoms with Gasteiger partial charge in [0.05, 0.1) is 17.5 Å². The lowest BCUT2D eigenvalue weighted by Gasteiger charge is -2.32. The van der Waals surface area contributed by atoms with Crippen LogP contribution in [0.4, 0.5) is 10.2 Å². The largest absolute Gasteiger partial charge is 0.459 e. The maximum Gasteiger partial charge on any atom is 0.289 e. The Bertz CT molecular complexity index is 1260. The van der Waals surface area contributed by atoms with Crippen molar-refractivity contribution in [3.63, 3.8) is 0 Å². The van der Waals surface area contributed by atoms with Gasteiger partial charge in [-0.25, -0.2) is 19.3 Å². The second kappa shape index (κ2) is 8.58. The number of nitrogens with zero attached hydrogens (tertiary/aromatic N) is 4. The molecule has 1 saturated heterocycles. The van der Waals surface area contributed by atoms with Gasteiger partial charge in [0.25, 0.3) is 5.91 Å². The summed E-state index contributed by atoms with van der Waals surface area (Å²) in [7, 11) is 0. The number of amides is 1. The number of fused-ring (bicyclic) bond motifs is 1. The monoisotopic (exact) mass is 454 g/mol. The third-order valence-corrected chi connectivity index (χ3v) is 5.79. The first-order chi connectivity index (χ1) is 15.6. The highest BCUT2D eigenvalue weighted by atomic mass is 35.5. The molecule has 8 nitrogen and oxygen atoms in total. The summed E-state index contributed by atoms with van der Waals surface area (Å²) in [5.41, 5.74) is 1.33. The molecular formula is C22H20ClFN6O2. The zero-order valence-electron chi connectivity index (χ0n) is 17.0. The number of carbonyl (C=O) groups is 1. The molecule has 0 aromatic carbocycles. The molecule has 0 radical (unpaired) electrons. The minimum Gasteiger partial charge on any atom is -0.459 e. The fraction of sp³-hybridized carbons (Fsp3) is 0.273. The van der Waals surface area contributed by atoms with E-state index in [0.29, 0.717) is 47.5 Å². The van der Waals surface area contributed by atoms with Crippen molar-refractivity contribution < 1.29 is 13.6 Å². The Balaban J connectivity index is 1.30. The third kappa shape index (κ3) is 4.03. The lowest BCUT2D eigenvalue weighted by atomic mass is 9.97. The zero-order chi connectivity index (χ0) is 22.1. The smallest absolute Gasteiger partial charge is 0.289 e. The molecule has 1 aliphatic heterocycles. The minimum atomic E-state index is -0.538. The molecule has 1 atom stereocenters. The van der Waals surface area contributed by atoms with Gasteiger partial charge in [-0.2, -0.15) is 0 Å². The summed E-state index contributed by atoms with van der Waals surface area (Å²) >= 11 is 6.07. The lowest BCUT2D eigenvalue weighted by Crippen LogP contribution is -2.41. The van der Waals surface area contributed by atoms with Crippen LogP contribution in [0.5, 0.6) is 0 Å². The number of halogens is 2. The van der Waals surface area contributed by atoms with Crippen LogP contribution < -0.4 is 5.32 Å². The van der Waals surface area contributed by atoms with Gasteiger partial charge in [-0.1, -0.05) is 11.6 Å². The van der Waals surface area contributed by atoms with Gasteiger partial charge in [0.15, 0.2) is 23.2 Å². The number of rotatable bonds is 5. The second-order valence-electron chi connectivity index (χ2n) is 7.76. The van der Waals surface area contributed by atoms with E-state index in [1.807, 2.05) is 0 Å². The predicted octanol–water partition coefficient (Wildman–Crippen LogP) is 4.37. The van der Waals surface area contributed by atoms with Gasteiger partial charge in [-0.3, -0.25) is 4.79 Å². The highest BCUT2D eigenvalue weighted by molar-refractivity contribution is 6.31. The molecule has 4 aromatic rings. The molecule has 2 N–H and O–H groups in total. The molecule has 0 bridgehead atoms. The molecule has 0 saturated carbocycles. The fourth-order valence-electron chi connectivity index (χ4n) is 4.00. The molecule has 0 unspecified atom stereocenters. The van der Waals surface area contributed by atoms with E-state index in [4.69, 9.17) is 16.0 Å². The van der Waals surface area contributed by atoms with Crippen LogP contribution >= 0.6 is 11.6 Å². The second-order valence-corrected chi connectivity index (χ2v) is 8.20. The summed E-state index contributed by atoms with van der Waals surface area (Å²) in [6.07, 6.45) is 7.72. The van der Waals surface area contributed by atoms with Gasteiger partial charge in [0.1, 0.15) is 5.65 Å². The van der Waals surface area contributed by atoms with Crippen LogP contribution in [0.25, 0.3) is 22.4 Å². The number of carbonyl (C=O) groups excluding carboxylic acids is 1. The van der Waals surface area contributed by atoms with Gasteiger partial charge in [-0.15, -0.1) is 0 Å². The summed E-state index contributed by atoms with van der Waals surface area (Å²) in [6, 6.07) is 5.13. The Labute approximate surface area is 187 Å². The van der Waals surface area contributed by atoms with Gasteiger partial charge in [0.2, 0.25) is 0 Å². The Morgan fingerprint density at radius 3 is 3.12 bits per heavy atom. The first kappa shape index (κ1) is 20.4. The highest BCUT2D eigenvalue weighted by Gasteiger charge is 2.26. The minimum absolute atomic E-state index is 0.119. The molecule has 164 valence electrons. The quantitative estimate of drug-likeness (QED) is 0.464. The van der Waals surface area contributed by atoms with Crippen LogP contribution in [-0.4, -0.2) is 50.4 Å². The maximum atomic E-state index is 14.4. The predicted molar refractivity (Wildman–Crippen MR) is 118 cm³/mol. The van der Waals surface area contributed by atoms with E-state index < -0.39 is 5.82 Å². The highest BCUT2D eigenvalue weighted by Crippen LogP contribution is 2.28. The van der Waals surface area contributed by atoms with E-state index in [0.717, 1.165) is 24.4 Å². The number of H-pyrrole nitrogens is 1. The van der Waals surface area contributed by atoms with Gasteiger partial charge in [0, 0.05) is 43.0 Å². The zero-order valence-corrected chi connectivity index (χ0v) is 17.8. The van der Waals surface area contributed by atoms with Crippen LogP contribution in [0, 0.1) is 11.7 Å². The number of piperidine rings is 1. The van der Waals surface area contributed by atoms with E-state index in [1.54, 1.807) is 35.5 Å². The van der Waals surface area contributed by atoms with Gasteiger partial charge >= 0.3 is 0 Å². The molecular weight excluding hydrogens is 435 g/mol. The van der Waals surface area contributed by atoms with Crippen LogP contribution in [0.1, 0.15) is 23.4 Å². The van der Waals surface area contributed by atoms with E-state index in [1.165, 1.54) is 6.26 Å². The molecule has 32 heavy (non-hydrogen) atoms. The van der Waals surface area contributed by atoms with Crippen molar-refractivity contribution in [2.45, 2.75) is 12.8 Å². The van der Waals surface area contributed by atoms with Crippen molar-refractivity contribution in [2.75, 3.05) is 25.0 Å². The molecule has 0 aliphatic carbocycles. The van der Waals surface area contributed by atoms with E-state index in [2.05, 4.69) is 25.3 Å². The average molecular weight is 455 g/mol. The first-order valence-corrected chi connectivity index (χ1v) is 10.7. The fourth-order valence-corrected chi connectivity index (χ4v) is 4.15. The summed E-state index contributed by atoms with van der Waals surface area (Å²) in [5, 5.41) is 4.35. The van der Waals surface area contributed by atoms with Crippen molar-refractivity contribution in [3.8, 4) is 11.4 Å². The number of aromatic nitrogens is 4. The van der Waals surface area contributed by atoms with Gasteiger partial charge in [-0.05, 0) is 37.0 Å². The normalized spacial score (nSPS) is 16.4. The van der Waals surface area contributed by atoms with E-state index in [9.17, 15) is 9.18 Å². The SMILES string of the molecule is O=C(c1ccco1)N1CCC[C@@H](CNc2nc(-c3c[nH]c4ncc(Cl)cc34)ncc2F)C1. The Hall–Kier alpha value is -3.46. The number of furan rings is 1. The van der Waals surface area contributed by atoms with Gasteiger partial charge < -0.3 is 19.6 Å². The first-order valence-electron chi connectivity index (χ1n) is 10.3. The van der Waals surface area contributed by atoms with Crippen molar-refractivity contribution in [1.29, 1.82) is 0 Å². The average Bonchev–Trinajstić information content (AvgIpc) is 3.48. The molecule has 5 heterocycles. The number of anilines is 1. The summed E-state index contributed by atoms with van der Waals surface area (Å²) in [4.78, 5) is 30.1.